The summed E-state index contributed by atoms with van der Waals surface area (Å²) in [5.74, 6) is -0.634. The molecular weight excluding hydrogens is 299 g/mol. The molecule has 1 rings (SSSR count). The van der Waals surface area contributed by atoms with Gasteiger partial charge >= 0.3 is 0 Å². The third-order valence-electron chi connectivity index (χ3n) is 3.46. The summed E-state index contributed by atoms with van der Waals surface area (Å²) in [5, 5.41) is 0. The normalized spacial score (nSPS) is 12.4. The number of nitrogens with two attached hydrogens (primary N) is 1. The average molecular weight is 318 g/mol. The monoisotopic (exact) mass is 318 g/mol. The van der Waals surface area contributed by atoms with E-state index >= 15 is 0 Å². The van der Waals surface area contributed by atoms with Crippen molar-refractivity contribution < 1.29 is 12.8 Å². The van der Waals surface area contributed by atoms with Crippen LogP contribution in [0.5, 0.6) is 0 Å². The topological polar surface area (TPSA) is 72.2 Å². The summed E-state index contributed by atoms with van der Waals surface area (Å²) in [6.07, 6.45) is 1.29. The SMILES string of the molecule is CCC(C)(CC)NS(=O)(=O)c1ccc(F)c(C(N)=S)c1. The fraction of sp³-hybridized carbons (Fsp3) is 0.462. The highest BCUT2D eigenvalue weighted by atomic mass is 32.2. The molecule has 3 N–H and O–H groups in total. The van der Waals surface area contributed by atoms with Gasteiger partial charge in [0.05, 0.1) is 4.90 Å². The smallest absolute Gasteiger partial charge is 0.241 e. The van der Waals surface area contributed by atoms with Crippen LogP contribution in [0.15, 0.2) is 23.1 Å². The second kappa shape index (κ2) is 6.15. The Morgan fingerprint density at radius 3 is 2.40 bits per heavy atom. The van der Waals surface area contributed by atoms with Gasteiger partial charge in [-0.15, -0.1) is 0 Å². The lowest BCUT2D eigenvalue weighted by Crippen LogP contribution is -2.44. The molecule has 0 amide bonds. The van der Waals surface area contributed by atoms with Gasteiger partial charge in [0.15, 0.2) is 0 Å². The molecule has 0 fully saturated rings. The average Bonchev–Trinajstić information content (AvgIpc) is 2.38. The van der Waals surface area contributed by atoms with Crippen LogP contribution in [0.25, 0.3) is 0 Å². The molecule has 0 spiro atoms. The van der Waals surface area contributed by atoms with Gasteiger partial charge in [0, 0.05) is 11.1 Å². The summed E-state index contributed by atoms with van der Waals surface area (Å²) in [6.45, 7) is 5.62. The zero-order valence-electron chi connectivity index (χ0n) is 11.7. The maximum absolute atomic E-state index is 13.5. The maximum atomic E-state index is 13.5. The van der Waals surface area contributed by atoms with Crippen molar-refractivity contribution in [3.63, 3.8) is 0 Å². The van der Waals surface area contributed by atoms with Crippen LogP contribution in [-0.4, -0.2) is 18.9 Å². The van der Waals surface area contributed by atoms with Crippen LogP contribution in [-0.2, 0) is 10.0 Å². The molecule has 0 aliphatic carbocycles. The molecule has 112 valence electrons. The molecule has 0 radical (unpaired) electrons. The molecule has 1 aromatic carbocycles. The molecule has 7 heteroatoms. The number of hydrogen-bond acceptors (Lipinski definition) is 3. The molecule has 0 unspecified atom stereocenters. The third kappa shape index (κ3) is 3.74. The summed E-state index contributed by atoms with van der Waals surface area (Å²) in [4.78, 5) is -0.219. The molecular formula is C13H19FN2O2S2. The van der Waals surface area contributed by atoms with E-state index in [9.17, 15) is 12.8 Å². The van der Waals surface area contributed by atoms with E-state index in [0.29, 0.717) is 12.8 Å². The lowest BCUT2D eigenvalue weighted by atomic mass is 9.98. The Kier molecular flexibility index (Phi) is 5.23. The first-order chi connectivity index (χ1) is 9.15. The van der Waals surface area contributed by atoms with Gasteiger partial charge in [-0.05, 0) is 38.0 Å². The Labute approximate surface area is 124 Å². The van der Waals surface area contributed by atoms with Crippen molar-refractivity contribution in [2.24, 2.45) is 5.73 Å². The van der Waals surface area contributed by atoms with Gasteiger partial charge < -0.3 is 5.73 Å². The van der Waals surface area contributed by atoms with Gasteiger partial charge in [-0.25, -0.2) is 17.5 Å². The first-order valence-corrected chi connectivity index (χ1v) is 8.17. The summed E-state index contributed by atoms with van der Waals surface area (Å²) in [7, 11) is -3.75. The van der Waals surface area contributed by atoms with Crippen LogP contribution >= 0.6 is 12.2 Å². The first kappa shape index (κ1) is 17.0. The predicted molar refractivity (Wildman–Crippen MR) is 81.6 cm³/mol. The first-order valence-electron chi connectivity index (χ1n) is 6.28. The zero-order valence-corrected chi connectivity index (χ0v) is 13.4. The fourth-order valence-electron chi connectivity index (χ4n) is 1.64. The standard InChI is InChI=1S/C13H19FN2O2S2/c1-4-13(3,5-2)16-20(17,18)9-6-7-11(14)10(8-9)12(15)19/h6-8,16H,4-5H2,1-3H3,(H2,15,19). The molecule has 0 saturated heterocycles. The van der Waals surface area contributed by atoms with Crippen molar-refractivity contribution in [3.8, 4) is 0 Å². The number of benzene rings is 1. The maximum Gasteiger partial charge on any atom is 0.241 e. The number of thiocarbonyl (C=S) groups is 1. The molecule has 4 nitrogen and oxygen atoms in total. The van der Waals surface area contributed by atoms with E-state index < -0.39 is 21.4 Å². The van der Waals surface area contributed by atoms with E-state index in [1.807, 2.05) is 20.8 Å². The van der Waals surface area contributed by atoms with E-state index in [1.54, 1.807) is 0 Å². The van der Waals surface area contributed by atoms with Crippen molar-refractivity contribution in [1.82, 2.24) is 4.72 Å². The number of hydrogen-bond donors (Lipinski definition) is 2. The van der Waals surface area contributed by atoms with Gasteiger partial charge in [0.25, 0.3) is 0 Å². The highest BCUT2D eigenvalue weighted by Crippen LogP contribution is 2.20. The fourth-order valence-corrected chi connectivity index (χ4v) is 3.37. The molecule has 20 heavy (non-hydrogen) atoms. The number of sulfonamides is 1. The van der Waals surface area contributed by atoms with Crippen LogP contribution in [0.3, 0.4) is 0 Å². The molecule has 0 saturated carbocycles. The predicted octanol–water partition coefficient (Wildman–Crippen LogP) is 2.32. The molecule has 0 bridgehead atoms. The van der Waals surface area contributed by atoms with Crippen molar-refractivity contribution in [2.45, 2.75) is 44.0 Å². The second-order valence-corrected chi connectivity index (χ2v) is 7.00. The van der Waals surface area contributed by atoms with Crippen LogP contribution < -0.4 is 10.5 Å². The lowest BCUT2D eigenvalue weighted by Gasteiger charge is -2.27. The number of nitrogens with one attached hydrogen (secondary N) is 1. The molecule has 0 heterocycles. The summed E-state index contributed by atoms with van der Waals surface area (Å²) in [6, 6.07) is 3.41. The summed E-state index contributed by atoms with van der Waals surface area (Å²) in [5.41, 5.74) is 4.77. The van der Waals surface area contributed by atoms with Crippen molar-refractivity contribution in [3.05, 3.63) is 29.6 Å². The lowest BCUT2D eigenvalue weighted by molar-refractivity contribution is 0.388. The van der Waals surface area contributed by atoms with Gasteiger partial charge in [-0.1, -0.05) is 26.1 Å². The Morgan fingerprint density at radius 1 is 1.40 bits per heavy atom. The van der Waals surface area contributed by atoms with Crippen LogP contribution in [0.2, 0.25) is 0 Å². The highest BCUT2D eigenvalue weighted by molar-refractivity contribution is 7.89. The van der Waals surface area contributed by atoms with Gasteiger partial charge in [-0.3, -0.25) is 0 Å². The minimum Gasteiger partial charge on any atom is -0.389 e. The summed E-state index contributed by atoms with van der Waals surface area (Å²) >= 11 is 4.71. The van der Waals surface area contributed by atoms with E-state index in [1.165, 1.54) is 6.07 Å². The molecule has 1 aromatic rings. The quantitative estimate of drug-likeness (QED) is 0.790. The molecule has 0 aliphatic heterocycles. The van der Waals surface area contributed by atoms with Crippen molar-refractivity contribution in [2.75, 3.05) is 0 Å². The van der Waals surface area contributed by atoms with Gasteiger partial charge in [0.1, 0.15) is 10.8 Å². The Morgan fingerprint density at radius 2 is 1.95 bits per heavy atom. The Bertz CT molecular complexity index is 611. The number of halogens is 1. The third-order valence-corrected chi connectivity index (χ3v) is 5.31. The summed E-state index contributed by atoms with van der Waals surface area (Å²) < 4.78 is 40.8. The number of rotatable bonds is 6. The van der Waals surface area contributed by atoms with Gasteiger partial charge in [-0.2, -0.15) is 0 Å². The second-order valence-electron chi connectivity index (χ2n) is 4.88. The largest absolute Gasteiger partial charge is 0.389 e. The molecule has 0 aromatic heterocycles. The van der Waals surface area contributed by atoms with Gasteiger partial charge in [0.2, 0.25) is 10.0 Å². The van der Waals surface area contributed by atoms with Crippen LogP contribution in [0.4, 0.5) is 4.39 Å². The van der Waals surface area contributed by atoms with E-state index in [2.05, 4.69) is 4.72 Å². The van der Waals surface area contributed by atoms with Crippen molar-refractivity contribution in [1.29, 1.82) is 0 Å². The minimum absolute atomic E-state index is 0.0465. The van der Waals surface area contributed by atoms with E-state index in [-0.39, 0.29) is 15.4 Å². The van der Waals surface area contributed by atoms with Crippen molar-refractivity contribution >= 4 is 27.2 Å². The van der Waals surface area contributed by atoms with E-state index in [0.717, 1.165) is 12.1 Å². The molecule has 0 aliphatic rings. The minimum atomic E-state index is -3.75. The molecule has 0 atom stereocenters. The van der Waals surface area contributed by atoms with Crippen LogP contribution in [0.1, 0.15) is 39.2 Å². The highest BCUT2D eigenvalue weighted by Gasteiger charge is 2.28. The Hall–Kier alpha value is -1.05. The Balaban J connectivity index is 3.23. The van der Waals surface area contributed by atoms with Crippen LogP contribution in [0, 0.1) is 5.82 Å². The zero-order chi connectivity index (χ0) is 15.6. The van der Waals surface area contributed by atoms with E-state index in [4.69, 9.17) is 18.0 Å².